The fourth-order valence-electron chi connectivity index (χ4n) is 2.48. The molecule has 0 amide bonds. The molecule has 0 bridgehead atoms. The van der Waals surface area contributed by atoms with Crippen molar-refractivity contribution in [2.75, 3.05) is 7.11 Å². The van der Waals surface area contributed by atoms with Gasteiger partial charge in [-0.15, -0.1) is 11.3 Å². The highest BCUT2D eigenvalue weighted by Crippen LogP contribution is 2.26. The third-order valence-electron chi connectivity index (χ3n) is 3.78. The second-order valence-electron chi connectivity index (χ2n) is 8.06. The number of methoxy groups -OCH3 is 1. The standard InChI is InChI=1S/C20H25ClN4O2S/c1-19(2,3)16-10-25(11-20(4,5)26)18(28-16)24-17(23-12-22)14-9-13(21)7-8-15(14)27-6/h7-10,26H,11H2,1-6H3/b23-17?,24-18-. The molecule has 0 unspecified atom stereocenters. The summed E-state index contributed by atoms with van der Waals surface area (Å²) in [7, 11) is 1.54. The highest BCUT2D eigenvalue weighted by Gasteiger charge is 2.21. The molecule has 0 aliphatic rings. The summed E-state index contributed by atoms with van der Waals surface area (Å²) in [5.41, 5.74) is -0.483. The molecular weight excluding hydrogens is 396 g/mol. The maximum Gasteiger partial charge on any atom is 0.207 e. The van der Waals surface area contributed by atoms with Crippen molar-refractivity contribution < 1.29 is 9.84 Å². The van der Waals surface area contributed by atoms with Gasteiger partial charge in [0.1, 0.15) is 5.75 Å². The number of aliphatic imine (C=N–C) groups is 1. The SMILES string of the molecule is COc1ccc(Cl)cc1C(=NC#N)/N=c1\sc(C(C)(C)C)cn1CC(C)(C)O. The van der Waals surface area contributed by atoms with E-state index in [2.05, 4.69) is 30.8 Å². The highest BCUT2D eigenvalue weighted by atomic mass is 35.5. The van der Waals surface area contributed by atoms with Gasteiger partial charge in [-0.3, -0.25) is 0 Å². The lowest BCUT2D eigenvalue weighted by molar-refractivity contribution is 0.0607. The predicted octanol–water partition coefficient (Wildman–Crippen LogP) is 4.11. The number of nitrogens with zero attached hydrogens (tertiary/aromatic N) is 4. The van der Waals surface area contributed by atoms with Crippen molar-refractivity contribution in [2.24, 2.45) is 9.98 Å². The maximum absolute atomic E-state index is 10.3. The van der Waals surface area contributed by atoms with Crippen molar-refractivity contribution in [3.63, 3.8) is 0 Å². The van der Waals surface area contributed by atoms with Gasteiger partial charge in [0.15, 0.2) is 10.6 Å². The van der Waals surface area contributed by atoms with E-state index in [4.69, 9.17) is 16.3 Å². The van der Waals surface area contributed by atoms with Gasteiger partial charge in [-0.2, -0.15) is 15.2 Å². The largest absolute Gasteiger partial charge is 0.496 e. The summed E-state index contributed by atoms with van der Waals surface area (Å²) in [6.45, 7) is 10.2. The van der Waals surface area contributed by atoms with Crippen LogP contribution in [0.3, 0.4) is 0 Å². The lowest BCUT2D eigenvalue weighted by Crippen LogP contribution is -2.31. The van der Waals surface area contributed by atoms with Gasteiger partial charge in [-0.1, -0.05) is 32.4 Å². The Bertz CT molecular complexity index is 985. The molecule has 0 aliphatic carbocycles. The van der Waals surface area contributed by atoms with Gasteiger partial charge in [0.05, 0.1) is 24.8 Å². The molecule has 2 aromatic rings. The lowest BCUT2D eigenvalue weighted by Gasteiger charge is -2.18. The number of halogens is 1. The molecule has 1 N–H and O–H groups in total. The van der Waals surface area contributed by atoms with Crippen LogP contribution >= 0.6 is 22.9 Å². The second-order valence-corrected chi connectivity index (χ2v) is 9.51. The van der Waals surface area contributed by atoms with Crippen LogP contribution in [0.2, 0.25) is 5.02 Å². The van der Waals surface area contributed by atoms with E-state index in [9.17, 15) is 10.4 Å². The molecule has 0 saturated carbocycles. The number of rotatable bonds is 4. The van der Waals surface area contributed by atoms with E-state index < -0.39 is 5.60 Å². The average molecular weight is 421 g/mol. The molecule has 8 heteroatoms. The lowest BCUT2D eigenvalue weighted by atomic mass is 9.95. The first-order valence-electron chi connectivity index (χ1n) is 8.73. The minimum Gasteiger partial charge on any atom is -0.496 e. The van der Waals surface area contributed by atoms with Crippen LogP contribution in [0.5, 0.6) is 5.75 Å². The minimum atomic E-state index is -0.925. The predicted molar refractivity (Wildman–Crippen MR) is 113 cm³/mol. The van der Waals surface area contributed by atoms with Gasteiger partial charge in [0, 0.05) is 16.1 Å². The number of benzene rings is 1. The Morgan fingerprint density at radius 2 is 2.00 bits per heavy atom. The Kier molecular flexibility index (Phi) is 6.71. The van der Waals surface area contributed by atoms with E-state index in [1.807, 2.05) is 10.8 Å². The van der Waals surface area contributed by atoms with Gasteiger partial charge >= 0.3 is 0 Å². The zero-order valence-corrected chi connectivity index (χ0v) is 18.5. The Balaban J connectivity index is 2.72. The van der Waals surface area contributed by atoms with Crippen LogP contribution in [0.15, 0.2) is 34.4 Å². The van der Waals surface area contributed by atoms with E-state index in [0.717, 1.165) is 4.88 Å². The van der Waals surface area contributed by atoms with Gasteiger partial charge in [-0.05, 0) is 37.5 Å². The highest BCUT2D eigenvalue weighted by molar-refractivity contribution is 7.09. The van der Waals surface area contributed by atoms with Crippen molar-refractivity contribution in [3.8, 4) is 11.9 Å². The van der Waals surface area contributed by atoms with Crippen molar-refractivity contribution in [2.45, 2.75) is 52.2 Å². The van der Waals surface area contributed by atoms with Gasteiger partial charge in [0.25, 0.3) is 0 Å². The van der Waals surface area contributed by atoms with Crippen LogP contribution in [0.25, 0.3) is 0 Å². The molecular formula is C20H25ClN4O2S. The number of amidine groups is 1. The van der Waals surface area contributed by atoms with Crippen LogP contribution in [0.4, 0.5) is 0 Å². The Morgan fingerprint density at radius 1 is 1.32 bits per heavy atom. The van der Waals surface area contributed by atoms with E-state index in [0.29, 0.717) is 27.7 Å². The number of nitriles is 1. The van der Waals surface area contributed by atoms with Crippen LogP contribution < -0.4 is 9.54 Å². The monoisotopic (exact) mass is 420 g/mol. The molecule has 0 spiro atoms. The van der Waals surface area contributed by atoms with Crippen molar-refractivity contribution in [1.82, 2.24) is 4.57 Å². The Morgan fingerprint density at radius 3 is 2.54 bits per heavy atom. The molecule has 0 fully saturated rings. The summed E-state index contributed by atoms with van der Waals surface area (Å²) >= 11 is 7.63. The van der Waals surface area contributed by atoms with E-state index >= 15 is 0 Å². The first-order chi connectivity index (χ1) is 12.9. The number of hydrogen-bond donors (Lipinski definition) is 1. The molecule has 1 aromatic heterocycles. The maximum atomic E-state index is 10.3. The summed E-state index contributed by atoms with van der Waals surface area (Å²) in [4.78, 5) is 10.3. The zero-order chi connectivity index (χ0) is 21.1. The van der Waals surface area contributed by atoms with Gasteiger partial charge in [-0.25, -0.2) is 0 Å². The quantitative estimate of drug-likeness (QED) is 0.459. The van der Waals surface area contributed by atoms with Crippen LogP contribution in [-0.4, -0.2) is 28.2 Å². The third-order valence-corrected chi connectivity index (χ3v) is 5.46. The summed E-state index contributed by atoms with van der Waals surface area (Å²) in [5.74, 6) is 0.720. The molecule has 28 heavy (non-hydrogen) atoms. The zero-order valence-electron chi connectivity index (χ0n) is 16.9. The normalized spacial score (nSPS) is 13.5. The summed E-state index contributed by atoms with van der Waals surface area (Å²) in [5, 5.41) is 20.0. The number of aliphatic hydroxyl groups is 1. The second kappa shape index (κ2) is 8.48. The van der Waals surface area contributed by atoms with E-state index in [1.165, 1.54) is 18.4 Å². The van der Waals surface area contributed by atoms with Crippen LogP contribution in [0, 0.1) is 11.5 Å². The molecule has 2 rings (SSSR count). The fraction of sp³-hybridized carbons (Fsp3) is 0.450. The van der Waals surface area contributed by atoms with Crippen molar-refractivity contribution >= 4 is 28.8 Å². The minimum absolute atomic E-state index is 0.0833. The van der Waals surface area contributed by atoms with Gasteiger partial charge < -0.3 is 14.4 Å². The van der Waals surface area contributed by atoms with E-state index in [-0.39, 0.29) is 11.3 Å². The fourth-order valence-corrected chi connectivity index (χ4v) is 3.70. The summed E-state index contributed by atoms with van der Waals surface area (Å²) in [6.07, 6.45) is 3.79. The van der Waals surface area contributed by atoms with Gasteiger partial charge in [0.2, 0.25) is 6.19 Å². The Labute approximate surface area is 174 Å². The average Bonchev–Trinajstić information content (AvgIpc) is 2.95. The molecule has 0 radical (unpaired) electrons. The molecule has 0 atom stereocenters. The topological polar surface area (TPSA) is 82.9 Å². The number of aromatic nitrogens is 1. The first-order valence-corrected chi connectivity index (χ1v) is 9.92. The molecule has 1 heterocycles. The first kappa shape index (κ1) is 22.2. The number of ether oxygens (including phenoxy) is 1. The molecule has 0 aliphatic heterocycles. The number of thiazole rings is 1. The molecule has 6 nitrogen and oxygen atoms in total. The van der Waals surface area contributed by atoms with Crippen LogP contribution in [-0.2, 0) is 12.0 Å². The summed E-state index contributed by atoms with van der Waals surface area (Å²) < 4.78 is 7.27. The van der Waals surface area contributed by atoms with E-state index in [1.54, 1.807) is 38.2 Å². The number of hydrogen-bond acceptors (Lipinski definition) is 5. The van der Waals surface area contributed by atoms with Crippen LogP contribution in [0.1, 0.15) is 45.1 Å². The van der Waals surface area contributed by atoms with Crippen molar-refractivity contribution in [1.29, 1.82) is 5.26 Å². The molecule has 150 valence electrons. The molecule has 0 saturated heterocycles. The summed E-state index contributed by atoms with van der Waals surface area (Å²) in [6, 6.07) is 5.07. The Hall–Kier alpha value is -2.14. The third kappa shape index (κ3) is 5.68. The molecule has 1 aromatic carbocycles. The smallest absolute Gasteiger partial charge is 0.207 e. The van der Waals surface area contributed by atoms with Crippen molar-refractivity contribution in [3.05, 3.63) is 44.7 Å².